The Hall–Kier alpha value is -0.860. The minimum atomic E-state index is -3.20. The van der Waals surface area contributed by atoms with Gasteiger partial charge < -0.3 is 14.5 Å². The molecule has 3 rings (SSSR count). The number of rotatable bonds is 2. The number of hydrogen-bond acceptors (Lipinski definition) is 4. The number of carbonyl (C=O) groups excluding carboxylic acids is 1. The second-order valence-corrected chi connectivity index (χ2v) is 8.79. The van der Waals surface area contributed by atoms with Gasteiger partial charge in [-0.1, -0.05) is 19.3 Å². The molecule has 2 amide bonds. The number of amides is 2. The summed E-state index contributed by atoms with van der Waals surface area (Å²) in [5.74, 6) is 0. The topological polar surface area (TPSA) is 70.2 Å². The SMILES string of the molecule is O=C(N1CCOCC1)N1CCN(S(=O)(=O)C2CCCCC2)CC1. The van der Waals surface area contributed by atoms with Crippen molar-refractivity contribution in [2.24, 2.45) is 0 Å². The maximum absolute atomic E-state index is 12.7. The summed E-state index contributed by atoms with van der Waals surface area (Å²) in [7, 11) is -3.20. The lowest BCUT2D eigenvalue weighted by Gasteiger charge is -2.39. The standard InChI is InChI=1S/C15H27N3O4S/c19-15(17-10-12-22-13-11-17)16-6-8-18(9-7-16)23(20,21)14-4-2-1-3-5-14/h14H,1-13H2. The van der Waals surface area contributed by atoms with Gasteiger partial charge in [-0.25, -0.2) is 13.2 Å². The smallest absolute Gasteiger partial charge is 0.320 e. The molecule has 2 heterocycles. The summed E-state index contributed by atoms with van der Waals surface area (Å²) in [6, 6.07) is 0.0167. The number of morpholine rings is 1. The van der Waals surface area contributed by atoms with Crippen LogP contribution in [0.3, 0.4) is 0 Å². The van der Waals surface area contributed by atoms with Gasteiger partial charge in [0, 0.05) is 39.3 Å². The van der Waals surface area contributed by atoms with E-state index in [0.29, 0.717) is 52.5 Å². The molecule has 0 N–H and O–H groups in total. The lowest BCUT2D eigenvalue weighted by molar-refractivity contribution is 0.0405. The average Bonchev–Trinajstić information content (AvgIpc) is 2.63. The summed E-state index contributed by atoms with van der Waals surface area (Å²) >= 11 is 0. The van der Waals surface area contributed by atoms with Crippen molar-refractivity contribution in [1.82, 2.24) is 14.1 Å². The van der Waals surface area contributed by atoms with E-state index in [1.54, 1.807) is 14.1 Å². The highest BCUT2D eigenvalue weighted by molar-refractivity contribution is 7.89. The van der Waals surface area contributed by atoms with E-state index >= 15 is 0 Å². The van der Waals surface area contributed by atoms with Gasteiger partial charge in [0.25, 0.3) is 0 Å². The highest BCUT2D eigenvalue weighted by Crippen LogP contribution is 2.26. The van der Waals surface area contributed by atoms with E-state index < -0.39 is 10.0 Å². The number of carbonyl (C=O) groups is 1. The van der Waals surface area contributed by atoms with Crippen LogP contribution in [0.15, 0.2) is 0 Å². The average molecular weight is 345 g/mol. The van der Waals surface area contributed by atoms with Crippen molar-refractivity contribution >= 4 is 16.1 Å². The molecule has 2 aliphatic heterocycles. The number of ether oxygens (including phenoxy) is 1. The van der Waals surface area contributed by atoms with Crippen molar-refractivity contribution in [3.8, 4) is 0 Å². The van der Waals surface area contributed by atoms with Gasteiger partial charge in [0.05, 0.1) is 18.5 Å². The minimum Gasteiger partial charge on any atom is -0.378 e. The van der Waals surface area contributed by atoms with E-state index in [1.165, 1.54) is 0 Å². The van der Waals surface area contributed by atoms with Crippen LogP contribution in [-0.2, 0) is 14.8 Å². The molecule has 3 fully saturated rings. The molecule has 0 bridgehead atoms. The van der Waals surface area contributed by atoms with Crippen LogP contribution in [0.2, 0.25) is 0 Å². The first-order valence-corrected chi connectivity index (χ1v) is 10.2. The van der Waals surface area contributed by atoms with Crippen molar-refractivity contribution < 1.29 is 17.9 Å². The second-order valence-electron chi connectivity index (χ2n) is 6.57. The van der Waals surface area contributed by atoms with E-state index in [4.69, 9.17) is 4.74 Å². The Bertz CT molecular complexity index is 505. The van der Waals surface area contributed by atoms with E-state index in [0.717, 1.165) is 32.1 Å². The van der Waals surface area contributed by atoms with Gasteiger partial charge in [0.15, 0.2) is 0 Å². The highest BCUT2D eigenvalue weighted by Gasteiger charge is 2.36. The van der Waals surface area contributed by atoms with Crippen LogP contribution in [0.25, 0.3) is 0 Å². The maximum Gasteiger partial charge on any atom is 0.320 e. The monoisotopic (exact) mass is 345 g/mol. The van der Waals surface area contributed by atoms with E-state index in [-0.39, 0.29) is 11.3 Å². The molecule has 1 aliphatic carbocycles. The lowest BCUT2D eigenvalue weighted by Crippen LogP contribution is -2.56. The van der Waals surface area contributed by atoms with Crippen LogP contribution in [0.4, 0.5) is 4.79 Å². The molecule has 7 nitrogen and oxygen atoms in total. The molecule has 0 aromatic heterocycles. The molecule has 0 unspecified atom stereocenters. The number of nitrogens with zero attached hydrogens (tertiary/aromatic N) is 3. The van der Waals surface area contributed by atoms with Crippen molar-refractivity contribution in [3.63, 3.8) is 0 Å². The number of piperazine rings is 1. The minimum absolute atomic E-state index is 0.0167. The largest absolute Gasteiger partial charge is 0.378 e. The van der Waals surface area contributed by atoms with Gasteiger partial charge in [0.1, 0.15) is 0 Å². The van der Waals surface area contributed by atoms with Gasteiger partial charge in [-0.3, -0.25) is 0 Å². The van der Waals surface area contributed by atoms with Gasteiger partial charge in [0.2, 0.25) is 10.0 Å². The molecule has 8 heteroatoms. The summed E-state index contributed by atoms with van der Waals surface area (Å²) in [6.07, 6.45) is 4.75. The Morgan fingerprint density at radius 2 is 1.39 bits per heavy atom. The van der Waals surface area contributed by atoms with Crippen molar-refractivity contribution in [2.45, 2.75) is 37.4 Å². The summed E-state index contributed by atoms with van der Waals surface area (Å²) < 4.78 is 32.3. The number of urea groups is 1. The fourth-order valence-electron chi connectivity index (χ4n) is 3.66. The summed E-state index contributed by atoms with van der Waals surface area (Å²) in [5.41, 5.74) is 0. The molecule has 0 aromatic carbocycles. The Morgan fingerprint density at radius 3 is 2.00 bits per heavy atom. The molecule has 3 aliphatic rings. The molecular formula is C15H27N3O4S. The lowest BCUT2D eigenvalue weighted by atomic mass is 10.0. The number of hydrogen-bond donors (Lipinski definition) is 0. The highest BCUT2D eigenvalue weighted by atomic mass is 32.2. The van der Waals surface area contributed by atoms with Crippen LogP contribution >= 0.6 is 0 Å². The summed E-state index contributed by atoms with van der Waals surface area (Å²) in [6.45, 7) is 4.25. The molecule has 23 heavy (non-hydrogen) atoms. The Labute approximate surface area is 138 Å². The van der Waals surface area contributed by atoms with Crippen LogP contribution in [0.1, 0.15) is 32.1 Å². The third-order valence-corrected chi connectivity index (χ3v) is 7.52. The summed E-state index contributed by atoms with van der Waals surface area (Å²) in [4.78, 5) is 16.0. The fraction of sp³-hybridized carbons (Fsp3) is 0.933. The molecule has 0 radical (unpaired) electrons. The van der Waals surface area contributed by atoms with E-state index in [9.17, 15) is 13.2 Å². The third-order valence-electron chi connectivity index (χ3n) is 5.12. The van der Waals surface area contributed by atoms with E-state index in [1.807, 2.05) is 0 Å². The molecule has 132 valence electrons. The van der Waals surface area contributed by atoms with Crippen molar-refractivity contribution in [3.05, 3.63) is 0 Å². The van der Waals surface area contributed by atoms with Crippen LogP contribution in [-0.4, -0.2) is 86.3 Å². The van der Waals surface area contributed by atoms with Crippen molar-refractivity contribution in [1.29, 1.82) is 0 Å². The zero-order valence-electron chi connectivity index (χ0n) is 13.7. The third kappa shape index (κ3) is 3.80. The van der Waals surface area contributed by atoms with E-state index in [2.05, 4.69) is 0 Å². The quantitative estimate of drug-likeness (QED) is 0.739. The molecule has 0 spiro atoms. The zero-order valence-corrected chi connectivity index (χ0v) is 14.5. The normalized spacial score (nSPS) is 25.6. The Balaban J connectivity index is 1.54. The first-order valence-electron chi connectivity index (χ1n) is 8.69. The molecule has 1 saturated carbocycles. The first kappa shape index (κ1) is 17.0. The zero-order chi connectivity index (χ0) is 16.3. The Morgan fingerprint density at radius 1 is 0.826 bits per heavy atom. The molecule has 0 aromatic rings. The molecule has 0 atom stereocenters. The predicted molar refractivity (Wildman–Crippen MR) is 86.7 cm³/mol. The van der Waals surface area contributed by atoms with Gasteiger partial charge >= 0.3 is 6.03 Å². The van der Waals surface area contributed by atoms with Gasteiger partial charge in [-0.15, -0.1) is 0 Å². The van der Waals surface area contributed by atoms with Gasteiger partial charge in [-0.05, 0) is 12.8 Å². The van der Waals surface area contributed by atoms with Gasteiger partial charge in [-0.2, -0.15) is 4.31 Å². The fourth-order valence-corrected chi connectivity index (χ4v) is 5.69. The first-order chi connectivity index (χ1) is 11.1. The Kier molecular flexibility index (Phi) is 5.43. The number of sulfonamides is 1. The van der Waals surface area contributed by atoms with Crippen molar-refractivity contribution in [2.75, 3.05) is 52.5 Å². The van der Waals surface area contributed by atoms with Crippen LogP contribution in [0, 0.1) is 0 Å². The second kappa shape index (κ2) is 7.36. The predicted octanol–water partition coefficient (Wildman–Crippen LogP) is 0.719. The molecular weight excluding hydrogens is 318 g/mol. The van der Waals surface area contributed by atoms with Crippen LogP contribution in [0.5, 0.6) is 0 Å². The van der Waals surface area contributed by atoms with Crippen LogP contribution < -0.4 is 0 Å². The molecule has 2 saturated heterocycles. The maximum atomic E-state index is 12.7. The summed E-state index contributed by atoms with van der Waals surface area (Å²) in [5, 5.41) is -0.210.